The number of hydrogen-bond acceptors (Lipinski definition) is 26. The van der Waals surface area contributed by atoms with E-state index >= 15 is 0 Å². The van der Waals surface area contributed by atoms with E-state index in [2.05, 4.69) is 104 Å². The van der Waals surface area contributed by atoms with E-state index in [4.69, 9.17) is 85.8 Å². The molecule has 0 radical (unpaired) electrons. The second-order valence-electron chi connectivity index (χ2n) is 33.0. The van der Waals surface area contributed by atoms with E-state index in [-0.39, 0.29) is 105 Å². The zero-order chi connectivity index (χ0) is 113. The van der Waals surface area contributed by atoms with Gasteiger partial charge in [0.2, 0.25) is 0 Å². The number of carboxylic acid groups (broad SMARTS) is 6. The van der Waals surface area contributed by atoms with Gasteiger partial charge in [-0.1, -0.05) is 174 Å². The van der Waals surface area contributed by atoms with Gasteiger partial charge in [-0.05, 0) is 236 Å². The minimum Gasteiger partial charge on any atom is -0.481 e. The van der Waals surface area contributed by atoms with Crippen molar-refractivity contribution in [2.75, 3.05) is 65.8 Å². The predicted octanol–water partition coefficient (Wildman–Crippen LogP) is 21.3. The van der Waals surface area contributed by atoms with E-state index in [0.717, 1.165) is 47.7 Å². The highest BCUT2D eigenvalue weighted by Crippen LogP contribution is 2.35. The van der Waals surface area contributed by atoms with Crippen LogP contribution in [0.5, 0.6) is 0 Å². The van der Waals surface area contributed by atoms with E-state index in [1.807, 2.05) is 43.3 Å². The Morgan fingerprint density at radius 1 is 0.409 bits per heavy atom. The van der Waals surface area contributed by atoms with E-state index in [9.17, 15) is 91.7 Å². The highest BCUT2D eigenvalue weighted by atomic mass is 79.9. The molecular weight excluding hydrogens is 2080 g/mol. The van der Waals surface area contributed by atoms with Crippen molar-refractivity contribution in [2.24, 2.45) is 40.4 Å². The van der Waals surface area contributed by atoms with Crippen molar-refractivity contribution < 1.29 is 156 Å². The number of carboxylic acids is 6. The number of ketones is 2. The molecular formula is C112H140BrCl4O32+. The molecule has 149 heavy (non-hydrogen) atoms. The molecule has 3 atom stereocenters. The number of carbonyl (C=O) groups excluding carboxylic acids is 11. The molecule has 6 N–H and O–H groups in total. The highest BCUT2D eigenvalue weighted by molar-refractivity contribution is 9.09. The summed E-state index contributed by atoms with van der Waals surface area (Å²) in [7, 11) is 8.68. The van der Waals surface area contributed by atoms with Crippen LogP contribution in [-0.4, -0.2) is 203 Å². The van der Waals surface area contributed by atoms with Crippen LogP contribution in [0.15, 0.2) is 233 Å². The Balaban J connectivity index is -0.000000815. The van der Waals surface area contributed by atoms with Crippen LogP contribution in [0.1, 0.15) is 209 Å². The molecule has 0 saturated carbocycles. The van der Waals surface area contributed by atoms with Crippen molar-refractivity contribution in [3.8, 4) is 0 Å². The van der Waals surface area contributed by atoms with Crippen molar-refractivity contribution in [3.05, 3.63) is 311 Å². The molecule has 1 aliphatic rings. The highest BCUT2D eigenvalue weighted by Gasteiger charge is 2.49. The second kappa shape index (κ2) is 77.6. The summed E-state index contributed by atoms with van der Waals surface area (Å²) in [4.78, 5) is 195. The summed E-state index contributed by atoms with van der Waals surface area (Å²) in [6, 6.07) is 48.0. The number of hydrogen-bond donors (Lipinski definition) is 6. The van der Waals surface area contributed by atoms with Crippen molar-refractivity contribution >= 4 is 163 Å². The monoisotopic (exact) mass is 2220 g/mol. The van der Waals surface area contributed by atoms with Gasteiger partial charge in [-0.25, -0.2) is 24.0 Å². The average molecular weight is 2220 g/mol. The fourth-order valence-corrected chi connectivity index (χ4v) is 14.3. The SMILES string of the molecule is C.C=CCCBr.C=CCCC(Cc1cccc(C(=O)O)c1)(C(=O)O)C(=O)O.C=CCCC(Cc1cccc(C(=O)O)c1)C(=O)O.C=CCCC(Cc1cccc(C(=O)OC)c1)(C(=O)OC)C(=O)OC.C=CCCC(Cc1cccc(C)c1)C(C)=O.CC(=O)C(CCC(=O)O)Cc1cccc(C)c1.COC(=O)c1cccc(CC(C(=O)OC)C(=O)OC)c1.COC(=O)c1cccc(CC2C(=O)OC(C)(C)OC2=O)c1.ClCCl.ClCCl.[H+]. The molecule has 1 heterocycles. The molecule has 1 saturated heterocycles. The number of halogens is 5. The van der Waals surface area contributed by atoms with E-state index in [1.54, 1.807) is 104 Å². The second-order valence-corrected chi connectivity index (χ2v) is 35.4. The van der Waals surface area contributed by atoms with Crippen molar-refractivity contribution in [2.45, 2.75) is 170 Å². The van der Waals surface area contributed by atoms with Gasteiger partial charge in [0.1, 0.15) is 11.6 Å². The number of ether oxygens (including phenoxy) is 9. The van der Waals surface area contributed by atoms with E-state index in [1.165, 1.54) is 124 Å². The van der Waals surface area contributed by atoms with Crippen LogP contribution in [0.4, 0.5) is 0 Å². The quantitative estimate of drug-likeness (QED) is 0.00679. The normalized spacial score (nSPS) is 11.7. The van der Waals surface area contributed by atoms with Crippen molar-refractivity contribution in [3.63, 3.8) is 0 Å². The minimum absolute atomic E-state index is 0. The maximum Gasteiger partial charge on any atom is 1.00 e. The summed E-state index contributed by atoms with van der Waals surface area (Å²) < 4.78 is 42.9. The number of methoxy groups -OCH3 is 7. The summed E-state index contributed by atoms with van der Waals surface area (Å²) in [5.41, 5.74) is 5.46. The third kappa shape index (κ3) is 54.7. The Kier molecular flexibility index (Phi) is 72.6. The van der Waals surface area contributed by atoms with Gasteiger partial charge in [0.25, 0.3) is 5.79 Å². The van der Waals surface area contributed by atoms with Crippen LogP contribution in [-0.2, 0) is 145 Å². The smallest absolute Gasteiger partial charge is 0.481 e. The first-order valence-corrected chi connectivity index (χ1v) is 49.1. The fraction of sp³-hybridized carbons (Fsp3) is 0.384. The zero-order valence-corrected chi connectivity index (χ0v) is 90.1. The van der Waals surface area contributed by atoms with E-state index < -0.39 is 124 Å². The average Bonchev–Trinajstić information content (AvgIpc) is 0.792. The lowest BCUT2D eigenvalue weighted by Crippen LogP contribution is -2.46. The van der Waals surface area contributed by atoms with Crippen molar-refractivity contribution in [1.29, 1.82) is 0 Å². The number of cyclic esters (lactones) is 2. The van der Waals surface area contributed by atoms with Gasteiger partial charge >= 0.3 is 91.0 Å². The molecule has 8 rings (SSSR count). The van der Waals surface area contributed by atoms with Gasteiger partial charge < -0.3 is 73.3 Å². The molecule has 3 unspecified atom stereocenters. The number of aromatic carboxylic acids is 2. The number of aryl methyl sites for hydroxylation is 2. The summed E-state index contributed by atoms with van der Waals surface area (Å²) in [5, 5.41) is 55.6. The molecule has 0 aromatic heterocycles. The predicted molar refractivity (Wildman–Crippen MR) is 574 cm³/mol. The Morgan fingerprint density at radius 3 is 1.03 bits per heavy atom. The first-order chi connectivity index (χ1) is 70.0. The number of Topliss-reactive ketones (excluding diaryl/α,β-unsaturated/α-hetero) is 2. The van der Waals surface area contributed by atoms with Crippen LogP contribution in [0, 0.1) is 54.3 Å². The summed E-state index contributed by atoms with van der Waals surface area (Å²) >= 11 is 22.3. The van der Waals surface area contributed by atoms with Crippen LogP contribution in [0.3, 0.4) is 0 Å². The van der Waals surface area contributed by atoms with Gasteiger partial charge in [-0.3, -0.25) is 57.5 Å². The maximum atomic E-state index is 12.4. The molecule has 0 bridgehead atoms. The van der Waals surface area contributed by atoms with Crippen LogP contribution >= 0.6 is 62.3 Å². The van der Waals surface area contributed by atoms with Gasteiger partial charge in [0.15, 0.2) is 22.7 Å². The van der Waals surface area contributed by atoms with Gasteiger partial charge in [0.05, 0.1) is 94.2 Å². The van der Waals surface area contributed by atoms with E-state index in [0.29, 0.717) is 77.5 Å². The molecule has 1 fully saturated rings. The number of alkyl halides is 5. The Bertz CT molecular complexity index is 5450. The molecule has 37 heteroatoms. The molecule has 814 valence electrons. The number of allylic oxidation sites excluding steroid dienone is 5. The summed E-state index contributed by atoms with van der Waals surface area (Å²) in [6.07, 6.45) is 15.5. The number of rotatable bonds is 45. The number of aliphatic carboxylic acids is 4. The first-order valence-electron chi connectivity index (χ1n) is 45.9. The number of esters is 9. The molecule has 0 amide bonds. The van der Waals surface area contributed by atoms with Crippen LogP contribution in [0.2, 0.25) is 0 Å². The summed E-state index contributed by atoms with van der Waals surface area (Å²) in [5.74, 6) is -15.7. The molecule has 0 spiro atoms. The lowest BCUT2D eigenvalue weighted by Gasteiger charge is -2.32. The lowest BCUT2D eigenvalue weighted by atomic mass is 9.77. The topological polar surface area (TPSA) is 495 Å². The van der Waals surface area contributed by atoms with Crippen LogP contribution in [0.25, 0.3) is 0 Å². The van der Waals surface area contributed by atoms with Gasteiger partial charge in [-0.2, -0.15) is 0 Å². The molecule has 7 aromatic rings. The molecule has 0 aliphatic carbocycles. The summed E-state index contributed by atoms with van der Waals surface area (Å²) in [6.45, 7) is 28.2. The maximum absolute atomic E-state index is 12.4. The van der Waals surface area contributed by atoms with Crippen LogP contribution < -0.4 is 0 Å². The minimum atomic E-state index is -1.99. The standard InChI is InChI=1S/C18H22O6.2C15H16O6.C15H20O.C14H16O6.C14H16O4.C14H18O3.C4H7Br.2CH2Cl2.CH4/c1-5-6-10-18(16(20)23-3,17(21)24-4)12-13-8-7-9-14(11-13)15(19)22-2;1-15(2)20-13(17)11(14(18)21-15)8-9-5-4-6-10(7-9)12(16)19-3;1-2-3-7-15(13(18)19,14(20)21)9-10-5-4-6-11(8-10)12(16)17;1-4-5-9-15(13(3)16)11-14-8-6-7-12(2)10-14;1-18-12(15)10-6-4-5-9(7-10)8-11(13(16)19-2)14(17)20-3;1-2-3-6-11(13(15)16)8-10-5-4-7-12(9-10)14(17)18;1-10-4-3-5-12(8-10)9-13(11(2)15)6-7-14(16)17;1-2-3-4-5;2*2-1-3;/h5,7-9,11H,1,6,10,12H2,2-4H3;4-7,11H,8H2,1-3H3;2,4-6,8H,1,3,7,9H2,(H,16,17)(H,18,19)(H,20,21);4,6-8,10,15H,1,5,9,11H2,2-3H3;4-7,11H,8H2,1-3H3;2,4-5,7,9,11H,1,3,6,8H2,(H,15,16)(H,17,18);3-5,8,13H,6-7,9H2,1-2H3,(H,16,17);2H,1,3-4H2;2*1H2;1H4/p+1. The Morgan fingerprint density at radius 2 is 0.711 bits per heavy atom. The van der Waals surface area contributed by atoms with Gasteiger partial charge in [-0.15, -0.1) is 79.3 Å². The largest absolute Gasteiger partial charge is 1.00 e. The number of carbonyl (C=O) groups is 17. The molecule has 32 nitrogen and oxygen atoms in total. The first kappa shape index (κ1) is 139. The molecule has 7 aromatic carbocycles. The Labute approximate surface area is 901 Å². The lowest BCUT2D eigenvalue weighted by molar-refractivity contribution is -0.240. The number of benzene rings is 7. The zero-order valence-electron chi connectivity index (χ0n) is 86.5. The Hall–Kier alpha value is -13.7. The third-order valence-corrected chi connectivity index (χ3v) is 22.1. The third-order valence-electron chi connectivity index (χ3n) is 21.6. The van der Waals surface area contributed by atoms with Crippen molar-refractivity contribution in [1.82, 2.24) is 0 Å². The van der Waals surface area contributed by atoms with Gasteiger partial charge in [0, 0.05) is 37.4 Å². The molecule has 1 aliphatic heterocycles. The fourth-order valence-electron chi connectivity index (χ4n) is 14.0.